The Kier molecular flexibility index (Phi) is 6.59. The SMILES string of the molecule is CN=C(NCC1(N2CCCCC2)CCN(C)CC1)N(C)Cc1ccco1. The minimum Gasteiger partial charge on any atom is -0.467 e. The van der Waals surface area contributed by atoms with Gasteiger partial charge < -0.3 is 19.5 Å². The van der Waals surface area contributed by atoms with Crippen LogP contribution < -0.4 is 5.32 Å². The van der Waals surface area contributed by atoms with Gasteiger partial charge in [-0.3, -0.25) is 9.89 Å². The standard InChI is InChI=1S/C20H35N5O/c1-21-19(24(3)16-18-8-7-15-26-18)22-17-20(9-13-23(2)14-10-20)25-11-5-4-6-12-25/h7-8,15H,4-6,9-14,16-17H2,1-3H3,(H,21,22). The van der Waals surface area contributed by atoms with E-state index in [9.17, 15) is 0 Å². The quantitative estimate of drug-likeness (QED) is 0.644. The maximum Gasteiger partial charge on any atom is 0.193 e. The minimum absolute atomic E-state index is 0.258. The Morgan fingerprint density at radius 3 is 2.58 bits per heavy atom. The van der Waals surface area contributed by atoms with E-state index in [0.717, 1.165) is 24.8 Å². The van der Waals surface area contributed by atoms with Crippen LogP contribution in [0.15, 0.2) is 27.8 Å². The Hall–Kier alpha value is -1.53. The molecule has 2 saturated heterocycles. The molecule has 2 aliphatic heterocycles. The van der Waals surface area contributed by atoms with E-state index in [1.54, 1.807) is 6.26 Å². The zero-order chi connectivity index (χ0) is 18.4. The van der Waals surface area contributed by atoms with Crippen LogP contribution in [0.3, 0.4) is 0 Å². The first kappa shape index (κ1) is 19.2. The van der Waals surface area contributed by atoms with Crippen molar-refractivity contribution in [1.82, 2.24) is 20.0 Å². The Bertz CT molecular complexity index is 557. The van der Waals surface area contributed by atoms with Crippen molar-refractivity contribution < 1.29 is 4.42 Å². The van der Waals surface area contributed by atoms with Gasteiger partial charge in [-0.1, -0.05) is 6.42 Å². The molecule has 0 unspecified atom stereocenters. The van der Waals surface area contributed by atoms with E-state index in [4.69, 9.17) is 4.42 Å². The Morgan fingerprint density at radius 1 is 1.23 bits per heavy atom. The molecule has 0 aromatic carbocycles. The lowest BCUT2D eigenvalue weighted by Gasteiger charge is -2.50. The molecule has 2 aliphatic rings. The molecule has 0 atom stereocenters. The summed E-state index contributed by atoms with van der Waals surface area (Å²) in [6.45, 7) is 6.54. The van der Waals surface area contributed by atoms with Gasteiger partial charge in [-0.2, -0.15) is 0 Å². The number of likely N-dealkylation sites (tertiary alicyclic amines) is 2. The zero-order valence-electron chi connectivity index (χ0n) is 16.7. The first-order chi connectivity index (χ1) is 12.6. The average molecular weight is 362 g/mol. The summed E-state index contributed by atoms with van der Waals surface area (Å²) in [4.78, 5) is 11.9. The summed E-state index contributed by atoms with van der Waals surface area (Å²) in [5, 5.41) is 3.68. The first-order valence-corrected chi connectivity index (χ1v) is 10.0. The van der Waals surface area contributed by atoms with Crippen LogP contribution in [0.4, 0.5) is 0 Å². The molecule has 1 aromatic heterocycles. The normalized spacial score (nSPS) is 22.3. The molecular weight excluding hydrogens is 326 g/mol. The van der Waals surface area contributed by atoms with E-state index < -0.39 is 0 Å². The topological polar surface area (TPSA) is 47.3 Å². The summed E-state index contributed by atoms with van der Waals surface area (Å²) in [5.74, 6) is 1.90. The van der Waals surface area contributed by atoms with Gasteiger partial charge in [0.1, 0.15) is 5.76 Å². The maximum absolute atomic E-state index is 5.48. The molecule has 0 amide bonds. The lowest BCUT2D eigenvalue weighted by atomic mass is 9.84. The van der Waals surface area contributed by atoms with E-state index in [1.165, 1.54) is 58.3 Å². The Morgan fingerprint density at radius 2 is 1.96 bits per heavy atom. The molecule has 1 N–H and O–H groups in total. The molecule has 0 radical (unpaired) electrons. The molecule has 6 heteroatoms. The number of guanidine groups is 1. The number of aliphatic imine (C=N–C) groups is 1. The van der Waals surface area contributed by atoms with E-state index >= 15 is 0 Å². The van der Waals surface area contributed by atoms with E-state index in [1.807, 2.05) is 19.2 Å². The monoisotopic (exact) mass is 361 g/mol. The van der Waals surface area contributed by atoms with Crippen molar-refractivity contribution in [3.63, 3.8) is 0 Å². The van der Waals surface area contributed by atoms with Crippen molar-refractivity contribution in [3.8, 4) is 0 Å². The Balaban J connectivity index is 1.64. The second-order valence-corrected chi connectivity index (χ2v) is 7.91. The lowest BCUT2D eigenvalue weighted by molar-refractivity contribution is 0.0170. The summed E-state index contributed by atoms with van der Waals surface area (Å²) >= 11 is 0. The highest BCUT2D eigenvalue weighted by Crippen LogP contribution is 2.30. The zero-order valence-corrected chi connectivity index (χ0v) is 16.7. The third kappa shape index (κ3) is 4.60. The van der Waals surface area contributed by atoms with Gasteiger partial charge in [0, 0.05) is 26.2 Å². The van der Waals surface area contributed by atoms with Gasteiger partial charge in [0.25, 0.3) is 0 Å². The molecule has 1 aromatic rings. The largest absolute Gasteiger partial charge is 0.467 e. The number of nitrogens with one attached hydrogen (secondary N) is 1. The average Bonchev–Trinajstić information content (AvgIpc) is 3.18. The number of furan rings is 1. The number of nitrogens with zero attached hydrogens (tertiary/aromatic N) is 4. The number of hydrogen-bond acceptors (Lipinski definition) is 4. The van der Waals surface area contributed by atoms with E-state index in [0.29, 0.717) is 0 Å². The van der Waals surface area contributed by atoms with Crippen molar-refractivity contribution in [2.75, 3.05) is 53.9 Å². The molecule has 26 heavy (non-hydrogen) atoms. The van der Waals surface area contributed by atoms with Crippen LogP contribution in [0.1, 0.15) is 37.9 Å². The lowest BCUT2D eigenvalue weighted by Crippen LogP contribution is -2.62. The van der Waals surface area contributed by atoms with Gasteiger partial charge >= 0.3 is 0 Å². The molecule has 6 nitrogen and oxygen atoms in total. The van der Waals surface area contributed by atoms with Crippen LogP contribution in [0.2, 0.25) is 0 Å². The molecule has 0 saturated carbocycles. The van der Waals surface area contributed by atoms with E-state index in [2.05, 4.69) is 39.1 Å². The van der Waals surface area contributed by atoms with Crippen LogP contribution in [-0.2, 0) is 6.54 Å². The fraction of sp³-hybridized carbons (Fsp3) is 0.750. The molecule has 3 rings (SSSR count). The van der Waals surface area contributed by atoms with Gasteiger partial charge in [0.15, 0.2) is 5.96 Å². The highest BCUT2D eigenvalue weighted by molar-refractivity contribution is 5.79. The van der Waals surface area contributed by atoms with Crippen molar-refractivity contribution in [1.29, 1.82) is 0 Å². The van der Waals surface area contributed by atoms with Crippen LogP contribution in [0.25, 0.3) is 0 Å². The predicted octanol–water partition coefficient (Wildman–Crippen LogP) is 2.24. The highest BCUT2D eigenvalue weighted by Gasteiger charge is 2.39. The summed E-state index contributed by atoms with van der Waals surface area (Å²) in [5.41, 5.74) is 0.258. The minimum atomic E-state index is 0.258. The second-order valence-electron chi connectivity index (χ2n) is 7.91. The summed E-state index contributed by atoms with van der Waals surface area (Å²) in [7, 11) is 6.17. The molecular formula is C20H35N5O. The summed E-state index contributed by atoms with van der Waals surface area (Å²) < 4.78 is 5.48. The first-order valence-electron chi connectivity index (χ1n) is 10.0. The van der Waals surface area contributed by atoms with Gasteiger partial charge in [-0.05, 0) is 71.0 Å². The van der Waals surface area contributed by atoms with Crippen LogP contribution in [0, 0.1) is 0 Å². The molecule has 0 bridgehead atoms. The van der Waals surface area contributed by atoms with Crippen molar-refractivity contribution in [2.45, 2.75) is 44.2 Å². The van der Waals surface area contributed by atoms with Gasteiger partial charge in [-0.15, -0.1) is 0 Å². The smallest absolute Gasteiger partial charge is 0.193 e. The highest BCUT2D eigenvalue weighted by atomic mass is 16.3. The van der Waals surface area contributed by atoms with Crippen LogP contribution >= 0.6 is 0 Å². The number of rotatable bonds is 5. The van der Waals surface area contributed by atoms with Crippen LogP contribution in [0.5, 0.6) is 0 Å². The summed E-state index contributed by atoms with van der Waals surface area (Å²) in [6, 6.07) is 3.94. The number of piperidine rings is 2. The fourth-order valence-corrected chi connectivity index (χ4v) is 4.35. The maximum atomic E-state index is 5.48. The van der Waals surface area contributed by atoms with Gasteiger partial charge in [0.2, 0.25) is 0 Å². The van der Waals surface area contributed by atoms with Gasteiger partial charge in [-0.25, -0.2) is 0 Å². The fourth-order valence-electron chi connectivity index (χ4n) is 4.35. The third-order valence-corrected chi connectivity index (χ3v) is 6.07. The Labute approximate surface area is 158 Å². The van der Waals surface area contributed by atoms with Crippen molar-refractivity contribution in [2.24, 2.45) is 4.99 Å². The van der Waals surface area contributed by atoms with E-state index in [-0.39, 0.29) is 5.54 Å². The molecule has 0 spiro atoms. The molecule has 2 fully saturated rings. The van der Waals surface area contributed by atoms with Gasteiger partial charge in [0.05, 0.1) is 12.8 Å². The molecule has 3 heterocycles. The van der Waals surface area contributed by atoms with Crippen LogP contribution in [-0.4, -0.2) is 80.1 Å². The predicted molar refractivity (Wildman–Crippen MR) is 106 cm³/mol. The second kappa shape index (κ2) is 8.91. The third-order valence-electron chi connectivity index (χ3n) is 6.07. The number of hydrogen-bond donors (Lipinski definition) is 1. The summed E-state index contributed by atoms with van der Waals surface area (Å²) in [6.07, 6.45) is 8.25. The van der Waals surface area contributed by atoms with Crippen molar-refractivity contribution >= 4 is 5.96 Å². The molecule has 146 valence electrons. The molecule has 0 aliphatic carbocycles. The van der Waals surface area contributed by atoms with Crippen molar-refractivity contribution in [3.05, 3.63) is 24.2 Å².